The second kappa shape index (κ2) is 6.41. The lowest BCUT2D eigenvalue weighted by Gasteiger charge is -2.35. The number of carbonyl (C=O) groups excluding carboxylic acids is 1. The van der Waals surface area contributed by atoms with Gasteiger partial charge in [0.1, 0.15) is 5.69 Å². The van der Waals surface area contributed by atoms with Gasteiger partial charge in [0.25, 0.3) is 5.91 Å². The number of aromatic nitrogens is 2. The van der Waals surface area contributed by atoms with E-state index in [0.717, 1.165) is 32.5 Å². The average molecular weight is 330 g/mol. The molecule has 3 heterocycles. The molecule has 128 valence electrons. The third kappa shape index (κ3) is 3.22. The van der Waals surface area contributed by atoms with Crippen LogP contribution in [0.3, 0.4) is 0 Å². The van der Waals surface area contributed by atoms with Crippen LogP contribution >= 0.6 is 0 Å². The van der Waals surface area contributed by atoms with E-state index in [2.05, 4.69) is 15.1 Å². The Balaban J connectivity index is 1.33. The van der Waals surface area contributed by atoms with Crippen LogP contribution in [-0.2, 0) is 0 Å². The lowest BCUT2D eigenvalue weighted by atomic mass is 10.2. The zero-order valence-corrected chi connectivity index (χ0v) is 13.5. The van der Waals surface area contributed by atoms with Crippen LogP contribution < -0.4 is 0 Å². The van der Waals surface area contributed by atoms with Crippen molar-refractivity contribution < 1.29 is 14.3 Å². The molecule has 24 heavy (non-hydrogen) atoms. The Bertz CT molecular complexity index is 685. The number of amides is 1. The van der Waals surface area contributed by atoms with Crippen LogP contribution in [-0.4, -0.2) is 69.8 Å². The molecule has 2 fully saturated rings. The van der Waals surface area contributed by atoms with Crippen molar-refractivity contribution in [1.82, 2.24) is 20.0 Å². The topological polar surface area (TPSA) is 85.6 Å². The number of nitrogens with one attached hydrogen (secondary N) is 1. The molecule has 7 heteroatoms. The van der Waals surface area contributed by atoms with Crippen molar-refractivity contribution in [2.24, 2.45) is 5.92 Å². The number of piperazine rings is 1. The highest BCUT2D eigenvalue weighted by atomic mass is 16.3. The van der Waals surface area contributed by atoms with E-state index in [9.17, 15) is 9.90 Å². The molecule has 1 aliphatic carbocycles. The predicted molar refractivity (Wildman–Crippen MR) is 87.4 cm³/mol. The summed E-state index contributed by atoms with van der Waals surface area (Å²) >= 11 is 0. The molecule has 1 aliphatic heterocycles. The molecule has 7 nitrogen and oxygen atoms in total. The molecule has 1 atom stereocenters. The summed E-state index contributed by atoms with van der Waals surface area (Å²) in [5, 5.41) is 17.0. The molecule has 0 spiro atoms. The van der Waals surface area contributed by atoms with E-state index in [0.29, 0.717) is 36.2 Å². The Labute approximate surface area is 140 Å². The molecule has 2 aliphatic rings. The number of carbonyl (C=O) groups is 1. The van der Waals surface area contributed by atoms with E-state index in [1.807, 2.05) is 11.0 Å². The maximum Gasteiger partial charge on any atom is 0.274 e. The first-order valence-corrected chi connectivity index (χ1v) is 8.49. The third-order valence-corrected chi connectivity index (χ3v) is 4.85. The molecule has 4 rings (SSSR count). The van der Waals surface area contributed by atoms with Gasteiger partial charge in [-0.15, -0.1) is 0 Å². The van der Waals surface area contributed by atoms with Crippen LogP contribution in [0, 0.1) is 5.92 Å². The normalized spacial score (nSPS) is 20.3. The summed E-state index contributed by atoms with van der Waals surface area (Å²) in [6.07, 6.45) is 3.68. The first-order valence-electron chi connectivity index (χ1n) is 8.49. The summed E-state index contributed by atoms with van der Waals surface area (Å²) in [6, 6.07) is 5.35. The van der Waals surface area contributed by atoms with Crippen LogP contribution in [0.1, 0.15) is 23.3 Å². The van der Waals surface area contributed by atoms with Crippen molar-refractivity contribution in [1.29, 1.82) is 0 Å². The highest BCUT2D eigenvalue weighted by molar-refractivity contribution is 5.93. The van der Waals surface area contributed by atoms with Crippen LogP contribution in [0.2, 0.25) is 0 Å². The van der Waals surface area contributed by atoms with Crippen LogP contribution in [0.5, 0.6) is 0 Å². The van der Waals surface area contributed by atoms with E-state index in [-0.39, 0.29) is 12.0 Å². The summed E-state index contributed by atoms with van der Waals surface area (Å²) in [6.45, 7) is 3.64. The summed E-state index contributed by atoms with van der Waals surface area (Å²) < 4.78 is 5.31. The first-order chi connectivity index (χ1) is 11.7. The summed E-state index contributed by atoms with van der Waals surface area (Å²) in [5.74, 6) is 1.10. The number of hydrogen-bond acceptors (Lipinski definition) is 5. The Morgan fingerprint density at radius 3 is 2.83 bits per heavy atom. The quantitative estimate of drug-likeness (QED) is 0.860. The number of H-pyrrole nitrogens is 1. The van der Waals surface area contributed by atoms with Gasteiger partial charge in [-0.05, 0) is 30.9 Å². The molecule has 1 saturated carbocycles. The molecule has 0 aromatic carbocycles. The zero-order chi connectivity index (χ0) is 16.5. The van der Waals surface area contributed by atoms with Crippen molar-refractivity contribution in [3.63, 3.8) is 0 Å². The Morgan fingerprint density at radius 2 is 2.17 bits per heavy atom. The van der Waals surface area contributed by atoms with Gasteiger partial charge in [-0.1, -0.05) is 0 Å². The minimum atomic E-state index is -0.213. The van der Waals surface area contributed by atoms with Gasteiger partial charge in [0.2, 0.25) is 0 Å². The number of hydrogen-bond donors (Lipinski definition) is 2. The first kappa shape index (κ1) is 15.4. The van der Waals surface area contributed by atoms with Crippen molar-refractivity contribution in [2.75, 3.05) is 32.7 Å². The van der Waals surface area contributed by atoms with Crippen molar-refractivity contribution in [3.05, 3.63) is 30.2 Å². The predicted octanol–water partition coefficient (Wildman–Crippen LogP) is 1.20. The number of rotatable bonds is 5. The minimum absolute atomic E-state index is 0.0635. The zero-order valence-electron chi connectivity index (χ0n) is 13.5. The molecule has 0 bridgehead atoms. The highest BCUT2D eigenvalue weighted by Gasteiger charge is 2.32. The van der Waals surface area contributed by atoms with Gasteiger partial charge >= 0.3 is 0 Å². The van der Waals surface area contributed by atoms with Gasteiger partial charge in [-0.2, -0.15) is 5.10 Å². The largest absolute Gasteiger partial charge is 0.463 e. The fourth-order valence-corrected chi connectivity index (χ4v) is 3.18. The molecule has 1 saturated heterocycles. The van der Waals surface area contributed by atoms with E-state index in [4.69, 9.17) is 4.42 Å². The highest BCUT2D eigenvalue weighted by Crippen LogP contribution is 2.33. The molecule has 2 aromatic heterocycles. The van der Waals surface area contributed by atoms with E-state index >= 15 is 0 Å². The van der Waals surface area contributed by atoms with Gasteiger partial charge in [0.05, 0.1) is 12.4 Å². The third-order valence-electron chi connectivity index (χ3n) is 4.85. The Morgan fingerprint density at radius 1 is 1.38 bits per heavy atom. The summed E-state index contributed by atoms with van der Waals surface area (Å²) in [5.41, 5.74) is 1.11. The Hall–Kier alpha value is -2.12. The molecular weight excluding hydrogens is 308 g/mol. The Kier molecular flexibility index (Phi) is 4.12. The molecule has 2 aromatic rings. The number of furan rings is 1. The van der Waals surface area contributed by atoms with E-state index in [1.165, 1.54) is 0 Å². The van der Waals surface area contributed by atoms with E-state index in [1.54, 1.807) is 18.4 Å². The van der Waals surface area contributed by atoms with Gasteiger partial charge < -0.3 is 14.4 Å². The minimum Gasteiger partial charge on any atom is -0.463 e. The monoisotopic (exact) mass is 330 g/mol. The van der Waals surface area contributed by atoms with Gasteiger partial charge in [-0.3, -0.25) is 14.8 Å². The lowest BCUT2D eigenvalue weighted by Crippen LogP contribution is -2.50. The number of β-amino-alcohol motifs (C(OH)–C–C–N with tert-alkyl or cyclic N) is 1. The van der Waals surface area contributed by atoms with Crippen molar-refractivity contribution >= 4 is 5.91 Å². The number of nitrogens with zero attached hydrogens (tertiary/aromatic N) is 3. The maximum absolute atomic E-state index is 12.6. The van der Waals surface area contributed by atoms with Gasteiger partial charge in [0.15, 0.2) is 11.5 Å². The number of aromatic amines is 1. The molecule has 1 amide bonds. The van der Waals surface area contributed by atoms with Gasteiger partial charge in [0, 0.05) is 38.8 Å². The van der Waals surface area contributed by atoms with Crippen LogP contribution in [0.15, 0.2) is 28.9 Å². The summed E-state index contributed by atoms with van der Waals surface area (Å²) in [4.78, 5) is 16.6. The standard InChI is InChI=1S/C17H22N4O3/c22-15(12-3-4-12)11-20-5-7-21(8-6-20)17(23)14-10-13(18-19-14)16-2-1-9-24-16/h1-2,9-10,12,15,22H,3-8,11H2,(H,18,19)/t15-/m1/s1. The molecule has 2 N–H and O–H groups in total. The van der Waals surface area contributed by atoms with Crippen LogP contribution in [0.4, 0.5) is 0 Å². The molecule has 0 radical (unpaired) electrons. The fraction of sp³-hybridized carbons (Fsp3) is 0.529. The lowest BCUT2D eigenvalue weighted by molar-refractivity contribution is 0.0485. The second-order valence-corrected chi connectivity index (χ2v) is 6.64. The van der Waals surface area contributed by atoms with Crippen molar-refractivity contribution in [2.45, 2.75) is 18.9 Å². The van der Waals surface area contributed by atoms with Crippen molar-refractivity contribution in [3.8, 4) is 11.5 Å². The summed E-state index contributed by atoms with van der Waals surface area (Å²) in [7, 11) is 0. The number of aliphatic hydroxyl groups is 1. The average Bonchev–Trinajstić information content (AvgIpc) is 3.11. The number of aliphatic hydroxyl groups excluding tert-OH is 1. The van der Waals surface area contributed by atoms with E-state index < -0.39 is 0 Å². The van der Waals surface area contributed by atoms with Crippen LogP contribution in [0.25, 0.3) is 11.5 Å². The van der Waals surface area contributed by atoms with Gasteiger partial charge in [-0.25, -0.2) is 0 Å². The SMILES string of the molecule is O=C(c1cc(-c2ccco2)[nH]n1)N1CCN(C[C@@H](O)C2CC2)CC1. The maximum atomic E-state index is 12.6. The smallest absolute Gasteiger partial charge is 0.274 e. The molecular formula is C17H22N4O3. The molecule has 0 unspecified atom stereocenters. The second-order valence-electron chi connectivity index (χ2n) is 6.64. The fourth-order valence-electron chi connectivity index (χ4n) is 3.18.